The van der Waals surface area contributed by atoms with Gasteiger partial charge in [-0.2, -0.15) is 11.8 Å². The summed E-state index contributed by atoms with van der Waals surface area (Å²) in [7, 11) is 0. The average molecular weight is 315 g/mol. The van der Waals surface area contributed by atoms with E-state index in [9.17, 15) is 0 Å². The Balaban J connectivity index is 1.40. The van der Waals surface area contributed by atoms with E-state index in [1.54, 1.807) is 6.20 Å². The molecule has 4 heterocycles. The van der Waals surface area contributed by atoms with Crippen LogP contribution < -0.4 is 0 Å². The molecule has 1 atom stereocenters. The third-order valence-electron chi connectivity index (χ3n) is 4.76. The summed E-state index contributed by atoms with van der Waals surface area (Å²) in [6.07, 6.45) is 9.42. The second kappa shape index (κ2) is 6.38. The highest BCUT2D eigenvalue weighted by Crippen LogP contribution is 2.29. The van der Waals surface area contributed by atoms with Crippen molar-refractivity contribution in [1.29, 1.82) is 0 Å². The summed E-state index contributed by atoms with van der Waals surface area (Å²) in [6, 6.07) is 5.27. The Kier molecular flexibility index (Phi) is 4.12. The minimum atomic E-state index is 0.489. The number of piperidine rings is 1. The fourth-order valence-electron chi connectivity index (χ4n) is 3.43. The Hall–Kier alpha value is -1.40. The van der Waals surface area contributed by atoms with Gasteiger partial charge in [-0.3, -0.25) is 9.88 Å². The molecule has 2 aliphatic rings. The van der Waals surface area contributed by atoms with Crippen molar-refractivity contribution in [2.24, 2.45) is 0 Å². The van der Waals surface area contributed by atoms with Crippen LogP contribution in [0.1, 0.15) is 25.3 Å². The van der Waals surface area contributed by atoms with Gasteiger partial charge in [-0.15, -0.1) is 5.10 Å². The van der Waals surface area contributed by atoms with E-state index in [0.29, 0.717) is 6.04 Å². The van der Waals surface area contributed by atoms with Crippen molar-refractivity contribution in [2.45, 2.75) is 31.3 Å². The van der Waals surface area contributed by atoms with Crippen LogP contribution in [0.15, 0.2) is 30.7 Å². The minimum Gasteiger partial charge on any atom is -0.299 e. The summed E-state index contributed by atoms with van der Waals surface area (Å²) in [5.74, 6) is 2.65. The number of rotatable bonds is 3. The number of hydrogen-bond acceptors (Lipinski definition) is 5. The maximum atomic E-state index is 4.36. The summed E-state index contributed by atoms with van der Waals surface area (Å²) >= 11 is 2.10. The largest absolute Gasteiger partial charge is 0.299 e. The molecule has 0 radical (unpaired) electrons. The molecule has 0 amide bonds. The molecular formula is C16H21N5S. The van der Waals surface area contributed by atoms with E-state index in [2.05, 4.69) is 42.8 Å². The van der Waals surface area contributed by atoms with Gasteiger partial charge in [-0.05, 0) is 37.1 Å². The standard InChI is InChI=1S/C16H21N5S/c1-2-13(10-17-6-1)16-11-21(19-18-16)14-3-7-20(8-4-14)15-5-9-22-12-15/h1-2,6,10-11,14-15H,3-5,7-9,12H2/t15-/m1/s1. The lowest BCUT2D eigenvalue weighted by atomic mass is 10.0. The number of likely N-dealkylation sites (tertiary alicyclic amines) is 1. The first-order chi connectivity index (χ1) is 10.9. The Bertz CT molecular complexity index is 600. The molecule has 116 valence electrons. The van der Waals surface area contributed by atoms with Gasteiger partial charge in [0.05, 0.1) is 12.2 Å². The van der Waals surface area contributed by atoms with E-state index in [1.807, 2.05) is 18.3 Å². The molecule has 6 heteroatoms. The Labute approximate surface area is 135 Å². The molecule has 22 heavy (non-hydrogen) atoms. The molecular weight excluding hydrogens is 294 g/mol. The third kappa shape index (κ3) is 2.90. The van der Waals surface area contributed by atoms with Crippen LogP contribution in [0.3, 0.4) is 0 Å². The van der Waals surface area contributed by atoms with Crippen molar-refractivity contribution in [3.05, 3.63) is 30.7 Å². The SMILES string of the molecule is c1cncc(-c2cn(C3CCN([C@@H]4CCSC4)CC3)nn2)c1. The first kappa shape index (κ1) is 14.2. The van der Waals surface area contributed by atoms with Gasteiger partial charge in [0.15, 0.2) is 0 Å². The number of aromatic nitrogens is 4. The van der Waals surface area contributed by atoms with Crippen LogP contribution in [0.4, 0.5) is 0 Å². The van der Waals surface area contributed by atoms with Gasteiger partial charge in [0, 0.05) is 42.8 Å². The topological polar surface area (TPSA) is 46.8 Å². The Morgan fingerprint density at radius 2 is 2.05 bits per heavy atom. The highest BCUT2D eigenvalue weighted by Gasteiger charge is 2.28. The van der Waals surface area contributed by atoms with Gasteiger partial charge in [-0.25, -0.2) is 4.68 Å². The number of pyridine rings is 1. The molecule has 0 saturated carbocycles. The summed E-state index contributed by atoms with van der Waals surface area (Å²) < 4.78 is 2.06. The van der Waals surface area contributed by atoms with E-state index < -0.39 is 0 Å². The lowest BCUT2D eigenvalue weighted by Gasteiger charge is -2.35. The zero-order chi connectivity index (χ0) is 14.8. The van der Waals surface area contributed by atoms with E-state index in [4.69, 9.17) is 0 Å². The van der Waals surface area contributed by atoms with E-state index in [0.717, 1.165) is 17.3 Å². The van der Waals surface area contributed by atoms with E-state index in [1.165, 1.54) is 43.9 Å². The normalized spacial score (nSPS) is 23.9. The predicted molar refractivity (Wildman–Crippen MR) is 88.8 cm³/mol. The van der Waals surface area contributed by atoms with Gasteiger partial charge < -0.3 is 0 Å². The van der Waals surface area contributed by atoms with E-state index in [-0.39, 0.29) is 0 Å². The highest BCUT2D eigenvalue weighted by atomic mass is 32.2. The number of thioether (sulfide) groups is 1. The fraction of sp³-hybridized carbons (Fsp3) is 0.562. The average Bonchev–Trinajstić information content (AvgIpc) is 3.28. The first-order valence-electron chi connectivity index (χ1n) is 8.04. The molecule has 0 spiro atoms. The van der Waals surface area contributed by atoms with Crippen molar-refractivity contribution in [2.75, 3.05) is 24.6 Å². The van der Waals surface area contributed by atoms with Crippen molar-refractivity contribution in [3.63, 3.8) is 0 Å². The van der Waals surface area contributed by atoms with Gasteiger partial charge >= 0.3 is 0 Å². The maximum Gasteiger partial charge on any atom is 0.114 e. The lowest BCUT2D eigenvalue weighted by molar-refractivity contribution is 0.141. The smallest absolute Gasteiger partial charge is 0.114 e. The van der Waals surface area contributed by atoms with Gasteiger partial charge in [0.1, 0.15) is 5.69 Å². The summed E-state index contributed by atoms with van der Waals surface area (Å²) in [6.45, 7) is 2.38. The van der Waals surface area contributed by atoms with Crippen LogP contribution in [0.2, 0.25) is 0 Å². The van der Waals surface area contributed by atoms with Crippen LogP contribution in [0, 0.1) is 0 Å². The molecule has 0 aromatic carbocycles. The van der Waals surface area contributed by atoms with Crippen molar-refractivity contribution in [3.8, 4) is 11.3 Å². The molecule has 0 aliphatic carbocycles. The van der Waals surface area contributed by atoms with Crippen molar-refractivity contribution >= 4 is 11.8 Å². The predicted octanol–water partition coefficient (Wildman–Crippen LogP) is 2.48. The molecule has 5 nitrogen and oxygen atoms in total. The second-order valence-corrected chi connectivity index (χ2v) is 7.26. The number of nitrogens with zero attached hydrogens (tertiary/aromatic N) is 5. The van der Waals surface area contributed by atoms with E-state index >= 15 is 0 Å². The van der Waals surface area contributed by atoms with Gasteiger partial charge in [0.2, 0.25) is 0 Å². The molecule has 0 N–H and O–H groups in total. The molecule has 2 fully saturated rings. The molecule has 2 aliphatic heterocycles. The summed E-state index contributed by atoms with van der Waals surface area (Å²) in [5.41, 5.74) is 1.96. The quantitative estimate of drug-likeness (QED) is 0.871. The van der Waals surface area contributed by atoms with Crippen LogP contribution in [-0.2, 0) is 0 Å². The highest BCUT2D eigenvalue weighted by molar-refractivity contribution is 7.99. The summed E-state index contributed by atoms with van der Waals surface area (Å²) in [5, 5.41) is 8.67. The zero-order valence-corrected chi connectivity index (χ0v) is 13.5. The van der Waals surface area contributed by atoms with Crippen LogP contribution in [0.5, 0.6) is 0 Å². The minimum absolute atomic E-state index is 0.489. The monoisotopic (exact) mass is 315 g/mol. The maximum absolute atomic E-state index is 4.36. The van der Waals surface area contributed by atoms with Crippen molar-refractivity contribution < 1.29 is 0 Å². The molecule has 2 aromatic rings. The van der Waals surface area contributed by atoms with Crippen LogP contribution in [0.25, 0.3) is 11.3 Å². The second-order valence-electron chi connectivity index (χ2n) is 6.11. The molecule has 0 bridgehead atoms. The zero-order valence-electron chi connectivity index (χ0n) is 12.6. The lowest BCUT2D eigenvalue weighted by Crippen LogP contribution is -2.42. The molecule has 0 unspecified atom stereocenters. The fourth-order valence-corrected chi connectivity index (χ4v) is 4.68. The van der Waals surface area contributed by atoms with Crippen LogP contribution in [-0.4, -0.2) is 55.5 Å². The summed E-state index contributed by atoms with van der Waals surface area (Å²) in [4.78, 5) is 6.83. The molecule has 2 aromatic heterocycles. The van der Waals surface area contributed by atoms with Crippen LogP contribution >= 0.6 is 11.8 Å². The molecule has 4 rings (SSSR count). The first-order valence-corrected chi connectivity index (χ1v) is 9.19. The number of hydrogen-bond donors (Lipinski definition) is 0. The Morgan fingerprint density at radius 3 is 2.77 bits per heavy atom. The third-order valence-corrected chi connectivity index (χ3v) is 5.91. The van der Waals surface area contributed by atoms with Gasteiger partial charge in [0.25, 0.3) is 0 Å². The Morgan fingerprint density at radius 1 is 1.14 bits per heavy atom. The van der Waals surface area contributed by atoms with Gasteiger partial charge in [-0.1, -0.05) is 5.21 Å². The molecule has 2 saturated heterocycles. The van der Waals surface area contributed by atoms with Crippen molar-refractivity contribution in [1.82, 2.24) is 24.9 Å².